The lowest BCUT2D eigenvalue weighted by Crippen LogP contribution is -2.45. The highest BCUT2D eigenvalue weighted by atomic mass is 79.9. The summed E-state index contributed by atoms with van der Waals surface area (Å²) in [7, 11) is 0. The lowest BCUT2D eigenvalue weighted by atomic mass is 9.95. The van der Waals surface area contributed by atoms with Crippen molar-refractivity contribution in [2.75, 3.05) is 6.61 Å². The van der Waals surface area contributed by atoms with Crippen LogP contribution in [0, 0.1) is 18.6 Å². The number of ether oxygens (including phenoxy) is 1. The van der Waals surface area contributed by atoms with E-state index in [0.717, 1.165) is 33.0 Å². The lowest BCUT2D eigenvalue weighted by molar-refractivity contribution is -0.161. The van der Waals surface area contributed by atoms with Gasteiger partial charge in [-0.1, -0.05) is 5.21 Å². The first-order chi connectivity index (χ1) is 18.3. The maximum Gasteiger partial charge on any atom is 0.166 e. The number of aromatic nitrogens is 7. The molecule has 1 aliphatic rings. The first-order valence-electron chi connectivity index (χ1n) is 11.6. The van der Waals surface area contributed by atoms with Crippen LogP contribution in [0.3, 0.4) is 0 Å². The average Bonchev–Trinajstić information content (AvgIpc) is 3.65. The smallest absolute Gasteiger partial charge is 0.166 e. The minimum atomic E-state index is -1.13. The number of hydrogen-bond acceptors (Lipinski definition) is 9. The zero-order valence-corrected chi connectivity index (χ0v) is 22.1. The highest BCUT2D eigenvalue weighted by Gasteiger charge is 2.41. The second kappa shape index (κ2) is 9.85. The van der Waals surface area contributed by atoms with Crippen LogP contribution in [0.15, 0.2) is 47.3 Å². The average molecular weight is 604 g/mol. The molecule has 0 amide bonds. The molecule has 2 N–H and O–H groups in total. The number of aliphatic hydroxyl groups is 2. The molecule has 196 valence electrons. The molecule has 1 fully saturated rings. The molecule has 4 unspecified atom stereocenters. The molecule has 38 heavy (non-hydrogen) atoms. The number of rotatable bonds is 5. The number of aliphatic hydroxyl groups excluding tert-OH is 2. The Kier molecular flexibility index (Phi) is 6.52. The van der Waals surface area contributed by atoms with E-state index in [2.05, 4.69) is 41.4 Å². The summed E-state index contributed by atoms with van der Waals surface area (Å²) < 4.78 is 38.1. The molecule has 1 aliphatic heterocycles. The molecule has 0 radical (unpaired) electrons. The molecule has 4 heterocycles. The van der Waals surface area contributed by atoms with E-state index in [1.54, 1.807) is 22.2 Å². The van der Waals surface area contributed by atoms with E-state index in [1.807, 2.05) is 25.1 Å². The van der Waals surface area contributed by atoms with Crippen molar-refractivity contribution in [1.82, 2.24) is 34.7 Å². The first kappa shape index (κ1) is 25.1. The highest BCUT2D eigenvalue weighted by molar-refractivity contribution is 9.10. The summed E-state index contributed by atoms with van der Waals surface area (Å²) in [6.07, 6.45) is 0.577. The number of benzene rings is 2. The van der Waals surface area contributed by atoms with Crippen LogP contribution in [-0.4, -0.2) is 63.8 Å². The van der Waals surface area contributed by atoms with Crippen LogP contribution >= 0.6 is 27.3 Å². The van der Waals surface area contributed by atoms with Crippen LogP contribution in [0.4, 0.5) is 8.78 Å². The van der Waals surface area contributed by atoms with Gasteiger partial charge in [0.2, 0.25) is 0 Å². The van der Waals surface area contributed by atoms with Crippen molar-refractivity contribution in [2.45, 2.75) is 37.7 Å². The predicted molar refractivity (Wildman–Crippen MR) is 137 cm³/mol. The van der Waals surface area contributed by atoms with Crippen LogP contribution in [0.5, 0.6) is 0 Å². The van der Waals surface area contributed by atoms with Crippen molar-refractivity contribution in [1.29, 1.82) is 0 Å². The van der Waals surface area contributed by atoms with Crippen LogP contribution in [-0.2, 0) is 4.74 Å². The SMILES string of the molecule is Cc1nc2ccc(-n3cnnc3C3CC(n4cc(-c5cc(F)c(Br)c(F)c5)nn4)C(O)C(CO)O3)cc2s1. The van der Waals surface area contributed by atoms with E-state index in [1.165, 1.54) is 10.9 Å². The predicted octanol–water partition coefficient (Wildman–Crippen LogP) is 3.91. The van der Waals surface area contributed by atoms with E-state index >= 15 is 0 Å². The fourth-order valence-electron chi connectivity index (χ4n) is 4.65. The van der Waals surface area contributed by atoms with Gasteiger partial charge in [-0.3, -0.25) is 4.57 Å². The molecule has 0 saturated carbocycles. The van der Waals surface area contributed by atoms with Gasteiger partial charge in [-0.2, -0.15) is 0 Å². The van der Waals surface area contributed by atoms with Crippen molar-refractivity contribution in [3.05, 3.63) is 69.8 Å². The van der Waals surface area contributed by atoms with Crippen LogP contribution in [0.1, 0.15) is 29.4 Å². The zero-order chi connectivity index (χ0) is 26.6. The Hall–Kier alpha value is -3.17. The summed E-state index contributed by atoms with van der Waals surface area (Å²) in [4.78, 5) is 4.50. The van der Waals surface area contributed by atoms with E-state index in [9.17, 15) is 19.0 Å². The third-order valence-corrected chi connectivity index (χ3v) is 8.19. The normalized spacial score (nSPS) is 21.8. The Morgan fingerprint density at radius 3 is 2.74 bits per heavy atom. The van der Waals surface area contributed by atoms with Crippen molar-refractivity contribution < 1.29 is 23.7 Å². The summed E-state index contributed by atoms with van der Waals surface area (Å²) in [5, 5.41) is 38.4. The maximum atomic E-state index is 14.1. The Morgan fingerprint density at radius 1 is 1.18 bits per heavy atom. The molecule has 0 aliphatic carbocycles. The number of fused-ring (bicyclic) bond motifs is 1. The summed E-state index contributed by atoms with van der Waals surface area (Å²) in [6, 6.07) is 7.44. The molecule has 3 aromatic heterocycles. The fourth-order valence-corrected chi connectivity index (χ4v) is 5.74. The molecule has 4 atom stereocenters. The lowest BCUT2D eigenvalue weighted by Gasteiger charge is -2.38. The van der Waals surface area contributed by atoms with Gasteiger partial charge >= 0.3 is 0 Å². The van der Waals surface area contributed by atoms with Crippen LogP contribution < -0.4 is 0 Å². The van der Waals surface area contributed by atoms with Gasteiger partial charge in [-0.25, -0.2) is 18.4 Å². The summed E-state index contributed by atoms with van der Waals surface area (Å²) >= 11 is 4.44. The number of aryl methyl sites for hydroxylation is 1. The molecule has 0 spiro atoms. The zero-order valence-electron chi connectivity index (χ0n) is 19.7. The number of halogens is 3. The van der Waals surface area contributed by atoms with Gasteiger partial charge in [0.1, 0.15) is 42.0 Å². The highest BCUT2D eigenvalue weighted by Crippen LogP contribution is 2.38. The maximum absolute atomic E-state index is 14.1. The minimum absolute atomic E-state index is 0.194. The third-order valence-electron chi connectivity index (χ3n) is 6.50. The first-order valence-corrected chi connectivity index (χ1v) is 13.2. The van der Waals surface area contributed by atoms with Gasteiger partial charge < -0.3 is 14.9 Å². The summed E-state index contributed by atoms with van der Waals surface area (Å²) in [5.74, 6) is -1.06. The standard InChI is InChI=1S/C24H20BrF2N7O3S/c1-11-29-16-3-2-13(6-21(16)38-11)33-10-28-31-24(33)19-7-18(23(36)20(9-35)37-19)34-8-17(30-32-34)12-4-14(26)22(25)15(27)5-12/h2-6,8,10,18-20,23,35-36H,7,9H2,1H3. The van der Waals surface area contributed by atoms with Crippen molar-refractivity contribution in [2.24, 2.45) is 0 Å². The van der Waals surface area contributed by atoms with Crippen LogP contribution in [0.2, 0.25) is 0 Å². The molecular weight excluding hydrogens is 584 g/mol. The largest absolute Gasteiger partial charge is 0.394 e. The van der Waals surface area contributed by atoms with E-state index in [-0.39, 0.29) is 22.2 Å². The monoisotopic (exact) mass is 603 g/mol. The second-order valence-electron chi connectivity index (χ2n) is 8.92. The third kappa shape index (κ3) is 4.41. The van der Waals surface area contributed by atoms with Gasteiger partial charge in [-0.05, 0) is 53.2 Å². The number of nitrogens with zero attached hydrogens (tertiary/aromatic N) is 7. The molecule has 1 saturated heterocycles. The molecule has 0 bridgehead atoms. The van der Waals surface area contributed by atoms with Gasteiger partial charge in [0.05, 0.1) is 38.5 Å². The molecule has 6 rings (SSSR count). The van der Waals surface area contributed by atoms with Crippen molar-refractivity contribution in [3.63, 3.8) is 0 Å². The molecular formula is C24H20BrF2N7O3S. The Morgan fingerprint density at radius 2 is 1.97 bits per heavy atom. The van der Waals surface area contributed by atoms with Gasteiger partial charge in [0.15, 0.2) is 5.82 Å². The minimum Gasteiger partial charge on any atom is -0.394 e. The summed E-state index contributed by atoms with van der Waals surface area (Å²) in [6.45, 7) is 1.50. The van der Waals surface area contributed by atoms with Crippen molar-refractivity contribution >= 4 is 37.5 Å². The Labute approximate surface area is 226 Å². The summed E-state index contributed by atoms with van der Waals surface area (Å²) in [5.41, 5.74) is 2.13. The molecule has 2 aromatic carbocycles. The fraction of sp³-hybridized carbons (Fsp3) is 0.292. The van der Waals surface area contributed by atoms with Gasteiger partial charge in [0, 0.05) is 17.7 Å². The number of hydrogen-bond donors (Lipinski definition) is 2. The molecule has 14 heteroatoms. The van der Waals surface area contributed by atoms with Gasteiger partial charge in [-0.15, -0.1) is 26.6 Å². The molecule has 5 aromatic rings. The van der Waals surface area contributed by atoms with E-state index < -0.39 is 42.6 Å². The van der Waals surface area contributed by atoms with E-state index in [0.29, 0.717) is 5.82 Å². The van der Waals surface area contributed by atoms with Crippen LogP contribution in [0.25, 0.3) is 27.2 Å². The van der Waals surface area contributed by atoms with Crippen molar-refractivity contribution in [3.8, 4) is 16.9 Å². The molecule has 10 nitrogen and oxygen atoms in total. The quantitative estimate of drug-likeness (QED) is 0.290. The topological polar surface area (TPSA) is 124 Å². The number of thiazole rings is 1. The Balaban J connectivity index is 1.33. The van der Waals surface area contributed by atoms with E-state index in [4.69, 9.17) is 4.74 Å². The second-order valence-corrected chi connectivity index (χ2v) is 10.9. The Bertz CT molecular complexity index is 1620. The van der Waals surface area contributed by atoms with Gasteiger partial charge in [0.25, 0.3) is 0 Å².